The normalized spacial score (nSPS) is 13.2. The molecule has 0 heterocycles. The number of phosphoric acid groups is 1. The molecule has 0 radical (unpaired) electrons. The monoisotopic (exact) mass is 1160 g/mol. The van der Waals surface area contributed by atoms with Crippen molar-refractivity contribution in [3.05, 3.63) is 24.3 Å². The predicted octanol–water partition coefficient (Wildman–Crippen LogP) is 22.3. The first-order chi connectivity index (χ1) is 39.5. The molecule has 0 amide bonds. The Bertz CT molecular complexity index is 1420. The van der Waals surface area contributed by atoms with Crippen LogP contribution in [0.2, 0.25) is 0 Å². The SMILES string of the molecule is CCCCCCC/C=C\C/C=C\CCCCCCCCCCCCCCCCCC(=O)OC(COC(=O)CCCCCCCCCCCCCCCCCCCCCCCCCCCCCCCC)COP(=O)([O-])OCC[N+](C)(C)C. The number of rotatable bonds is 67. The molecule has 0 aromatic rings. The first-order valence-corrected chi connectivity index (χ1v) is 37.0. The quantitative estimate of drug-likeness (QED) is 0.0195. The Kier molecular flexibility index (Phi) is 61.8. The lowest BCUT2D eigenvalue weighted by molar-refractivity contribution is -0.870. The number of allylic oxidation sites excluding steroid dienone is 4. The minimum Gasteiger partial charge on any atom is -0.756 e. The zero-order valence-electron chi connectivity index (χ0n) is 54.8. The van der Waals surface area contributed by atoms with Gasteiger partial charge in [-0.15, -0.1) is 0 Å². The highest BCUT2D eigenvalue weighted by atomic mass is 31.2. The average Bonchev–Trinajstić information content (AvgIpc) is 3.43. The highest BCUT2D eigenvalue weighted by Gasteiger charge is 2.22. The van der Waals surface area contributed by atoms with E-state index in [-0.39, 0.29) is 32.0 Å². The molecule has 10 heteroatoms. The molecular formula is C71H138NO8P. The van der Waals surface area contributed by atoms with Gasteiger partial charge >= 0.3 is 11.9 Å². The highest BCUT2D eigenvalue weighted by Crippen LogP contribution is 2.38. The van der Waals surface area contributed by atoms with Gasteiger partial charge in [0.05, 0.1) is 27.7 Å². The summed E-state index contributed by atoms with van der Waals surface area (Å²) in [4.78, 5) is 38.1. The second kappa shape index (κ2) is 63.0. The average molecular weight is 1160 g/mol. The number of likely N-dealkylation sites (N-methyl/N-ethyl adjacent to an activating group) is 1. The molecule has 9 nitrogen and oxygen atoms in total. The molecule has 0 rings (SSSR count). The fourth-order valence-electron chi connectivity index (χ4n) is 10.8. The number of carbonyl (C=O) groups excluding carboxylic acids is 2. The molecule has 0 fully saturated rings. The van der Waals surface area contributed by atoms with Crippen LogP contribution < -0.4 is 4.89 Å². The van der Waals surface area contributed by atoms with E-state index in [1.54, 1.807) is 0 Å². The van der Waals surface area contributed by atoms with E-state index < -0.39 is 26.5 Å². The van der Waals surface area contributed by atoms with E-state index in [0.717, 1.165) is 38.5 Å². The van der Waals surface area contributed by atoms with Crippen LogP contribution in [0.3, 0.4) is 0 Å². The van der Waals surface area contributed by atoms with Crippen molar-refractivity contribution in [2.75, 3.05) is 47.5 Å². The molecule has 0 aromatic heterocycles. The summed E-state index contributed by atoms with van der Waals surface area (Å²) in [5.74, 6) is -0.810. The third kappa shape index (κ3) is 67.5. The van der Waals surface area contributed by atoms with Gasteiger partial charge in [0.15, 0.2) is 6.10 Å². The molecular weight excluding hydrogens is 1030 g/mol. The van der Waals surface area contributed by atoms with Gasteiger partial charge in [-0.2, -0.15) is 0 Å². The van der Waals surface area contributed by atoms with Crippen molar-refractivity contribution in [2.45, 2.75) is 373 Å². The summed E-state index contributed by atoms with van der Waals surface area (Å²) >= 11 is 0. The predicted molar refractivity (Wildman–Crippen MR) is 347 cm³/mol. The largest absolute Gasteiger partial charge is 0.756 e. The zero-order valence-corrected chi connectivity index (χ0v) is 55.7. The van der Waals surface area contributed by atoms with Gasteiger partial charge in [0, 0.05) is 12.8 Å². The van der Waals surface area contributed by atoms with Crippen molar-refractivity contribution in [3.63, 3.8) is 0 Å². The van der Waals surface area contributed by atoms with E-state index >= 15 is 0 Å². The lowest BCUT2D eigenvalue weighted by Gasteiger charge is -2.28. The van der Waals surface area contributed by atoms with Crippen LogP contribution in [-0.2, 0) is 32.7 Å². The van der Waals surface area contributed by atoms with E-state index in [1.165, 1.54) is 295 Å². The van der Waals surface area contributed by atoms with E-state index in [1.807, 2.05) is 21.1 Å². The first-order valence-electron chi connectivity index (χ1n) is 35.5. The Morgan fingerprint density at radius 1 is 0.383 bits per heavy atom. The zero-order chi connectivity index (χ0) is 59.1. The summed E-state index contributed by atoms with van der Waals surface area (Å²) in [5, 5.41) is 0. The van der Waals surface area contributed by atoms with Crippen LogP contribution in [0, 0.1) is 0 Å². The van der Waals surface area contributed by atoms with E-state index in [4.69, 9.17) is 18.5 Å². The maximum atomic E-state index is 12.9. The Morgan fingerprint density at radius 2 is 0.667 bits per heavy atom. The first kappa shape index (κ1) is 79.5. The topological polar surface area (TPSA) is 111 Å². The van der Waals surface area contributed by atoms with Gasteiger partial charge < -0.3 is 27.9 Å². The van der Waals surface area contributed by atoms with Crippen molar-refractivity contribution in [1.82, 2.24) is 0 Å². The minimum atomic E-state index is -4.64. The number of esters is 2. The number of ether oxygens (including phenoxy) is 2. The van der Waals surface area contributed by atoms with Gasteiger partial charge in [0.2, 0.25) is 0 Å². The van der Waals surface area contributed by atoms with Crippen LogP contribution in [0.5, 0.6) is 0 Å². The second-order valence-corrected chi connectivity index (χ2v) is 27.0. The molecule has 0 aliphatic carbocycles. The Morgan fingerprint density at radius 3 is 0.975 bits per heavy atom. The van der Waals surface area contributed by atoms with Gasteiger partial charge in [-0.25, -0.2) is 0 Å². The molecule has 0 spiro atoms. The van der Waals surface area contributed by atoms with Gasteiger partial charge in [-0.1, -0.05) is 334 Å². The van der Waals surface area contributed by atoms with Crippen LogP contribution in [0.15, 0.2) is 24.3 Å². The minimum absolute atomic E-state index is 0.0273. The lowest BCUT2D eigenvalue weighted by atomic mass is 10.0. The molecule has 0 saturated heterocycles. The van der Waals surface area contributed by atoms with Crippen molar-refractivity contribution in [2.24, 2.45) is 0 Å². The molecule has 0 saturated carbocycles. The van der Waals surface area contributed by atoms with E-state index in [9.17, 15) is 19.0 Å². The standard InChI is InChI=1S/C71H138NO8P/c1-6-8-10-12-14-16-18-20-22-24-26-28-30-32-34-35-36-38-39-41-43-45-47-49-51-53-55-57-59-61-63-70(73)77-67-69(68-79-81(75,76)78-66-65-72(3,4)5)80-71(74)64-62-60-58-56-54-52-50-48-46-44-42-40-37-33-31-29-27-25-23-21-19-17-15-13-11-9-7-2/h19,21,25,27,69H,6-18,20,22-24,26,28-68H2,1-5H3/b21-19-,27-25-. The summed E-state index contributed by atoms with van der Waals surface area (Å²) in [5.41, 5.74) is 0. The number of carbonyl (C=O) groups is 2. The Hall–Kier alpha value is -1.51. The number of phosphoric ester groups is 1. The van der Waals surface area contributed by atoms with Crippen LogP contribution >= 0.6 is 7.82 Å². The fourth-order valence-corrected chi connectivity index (χ4v) is 11.5. The maximum Gasteiger partial charge on any atom is 0.306 e. The van der Waals surface area contributed by atoms with E-state index in [0.29, 0.717) is 17.4 Å². The number of quaternary nitrogens is 1. The molecule has 0 N–H and O–H groups in total. The highest BCUT2D eigenvalue weighted by molar-refractivity contribution is 7.45. The molecule has 2 atom stereocenters. The summed E-state index contributed by atoms with van der Waals surface area (Å²) in [6, 6.07) is 0. The van der Waals surface area contributed by atoms with Crippen LogP contribution in [0.25, 0.3) is 0 Å². The third-order valence-electron chi connectivity index (χ3n) is 16.2. The second-order valence-electron chi connectivity index (χ2n) is 25.6. The number of hydrogen-bond acceptors (Lipinski definition) is 8. The van der Waals surface area contributed by atoms with Gasteiger partial charge in [0.1, 0.15) is 19.8 Å². The van der Waals surface area contributed by atoms with Crippen LogP contribution in [0.1, 0.15) is 367 Å². The van der Waals surface area contributed by atoms with Crippen molar-refractivity contribution < 1.29 is 42.1 Å². The van der Waals surface area contributed by atoms with Crippen LogP contribution in [0.4, 0.5) is 0 Å². The Labute approximate surface area is 504 Å². The number of nitrogens with zero attached hydrogens (tertiary/aromatic N) is 1. The smallest absolute Gasteiger partial charge is 0.306 e. The summed E-state index contributed by atoms with van der Waals surface area (Å²) < 4.78 is 34.3. The molecule has 0 aliphatic rings. The molecule has 0 bridgehead atoms. The van der Waals surface area contributed by atoms with Gasteiger partial charge in [-0.3, -0.25) is 14.2 Å². The van der Waals surface area contributed by atoms with Gasteiger partial charge in [-0.05, 0) is 44.9 Å². The summed E-state index contributed by atoms with van der Waals surface area (Å²) in [6.07, 6.45) is 78.4. The Balaban J connectivity index is 3.98. The molecule has 0 aliphatic heterocycles. The fraction of sp³-hybridized carbons (Fsp3) is 0.915. The number of unbranched alkanes of at least 4 members (excludes halogenated alkanes) is 49. The third-order valence-corrected chi connectivity index (χ3v) is 17.2. The summed E-state index contributed by atoms with van der Waals surface area (Å²) in [7, 11) is 1.19. The molecule has 81 heavy (non-hydrogen) atoms. The van der Waals surface area contributed by atoms with Crippen molar-refractivity contribution >= 4 is 19.8 Å². The van der Waals surface area contributed by atoms with Crippen molar-refractivity contribution in [3.8, 4) is 0 Å². The van der Waals surface area contributed by atoms with Gasteiger partial charge in [0.25, 0.3) is 7.82 Å². The maximum absolute atomic E-state index is 12.9. The van der Waals surface area contributed by atoms with E-state index in [2.05, 4.69) is 38.2 Å². The number of hydrogen-bond donors (Lipinski definition) is 0. The molecule has 2 unspecified atom stereocenters. The molecule has 480 valence electrons. The molecule has 0 aromatic carbocycles. The van der Waals surface area contributed by atoms with Crippen molar-refractivity contribution in [1.29, 1.82) is 0 Å². The van der Waals surface area contributed by atoms with Crippen LogP contribution in [-0.4, -0.2) is 70.0 Å². The lowest BCUT2D eigenvalue weighted by Crippen LogP contribution is -2.37. The summed E-state index contributed by atoms with van der Waals surface area (Å²) in [6.45, 7) is 4.31.